The number of anilines is 1. The van der Waals surface area contributed by atoms with Crippen molar-refractivity contribution in [2.24, 2.45) is 5.92 Å². The first-order chi connectivity index (χ1) is 12.7. The number of aromatic amines is 1. The lowest BCUT2D eigenvalue weighted by Crippen LogP contribution is -2.38. The van der Waals surface area contributed by atoms with Crippen LogP contribution >= 0.6 is 0 Å². The number of hydrogen-bond acceptors (Lipinski definition) is 4. The van der Waals surface area contributed by atoms with Crippen molar-refractivity contribution in [3.63, 3.8) is 0 Å². The molecule has 0 radical (unpaired) electrons. The SMILES string of the molecule is CC1CCN(CC(=O)Nc2cc3cc(-c4cn[nH]c4)ccc3cn2)CC1. The van der Waals surface area contributed by atoms with Crippen LogP contribution in [-0.4, -0.2) is 45.6 Å². The molecule has 1 fully saturated rings. The van der Waals surface area contributed by atoms with E-state index in [4.69, 9.17) is 0 Å². The molecular formula is C20H23N5O. The Kier molecular flexibility index (Phi) is 4.67. The van der Waals surface area contributed by atoms with Crippen LogP contribution in [0.25, 0.3) is 21.9 Å². The number of fused-ring (bicyclic) bond motifs is 1. The third kappa shape index (κ3) is 3.75. The van der Waals surface area contributed by atoms with E-state index in [1.165, 1.54) is 0 Å². The quantitative estimate of drug-likeness (QED) is 0.758. The number of nitrogens with one attached hydrogen (secondary N) is 2. The second-order valence-electron chi connectivity index (χ2n) is 7.13. The van der Waals surface area contributed by atoms with Gasteiger partial charge in [-0.2, -0.15) is 5.10 Å². The third-order valence-corrected chi connectivity index (χ3v) is 5.06. The van der Waals surface area contributed by atoms with Crippen LogP contribution in [-0.2, 0) is 4.79 Å². The summed E-state index contributed by atoms with van der Waals surface area (Å²) in [6.07, 6.45) is 7.79. The minimum Gasteiger partial charge on any atom is -0.310 e. The van der Waals surface area contributed by atoms with Crippen LogP contribution in [0, 0.1) is 5.92 Å². The Bertz CT molecular complexity index is 898. The maximum atomic E-state index is 12.3. The van der Waals surface area contributed by atoms with Crippen molar-refractivity contribution in [2.45, 2.75) is 19.8 Å². The van der Waals surface area contributed by atoms with E-state index in [2.05, 4.69) is 38.4 Å². The molecule has 0 atom stereocenters. The predicted molar refractivity (Wildman–Crippen MR) is 103 cm³/mol. The molecule has 0 spiro atoms. The molecule has 3 heterocycles. The molecular weight excluding hydrogens is 326 g/mol. The number of hydrogen-bond donors (Lipinski definition) is 2. The maximum Gasteiger partial charge on any atom is 0.239 e. The summed E-state index contributed by atoms with van der Waals surface area (Å²) >= 11 is 0. The molecule has 2 N–H and O–H groups in total. The van der Waals surface area contributed by atoms with E-state index in [-0.39, 0.29) is 5.91 Å². The lowest BCUT2D eigenvalue weighted by Gasteiger charge is -2.29. The lowest BCUT2D eigenvalue weighted by molar-refractivity contribution is -0.117. The highest BCUT2D eigenvalue weighted by Gasteiger charge is 2.18. The summed E-state index contributed by atoms with van der Waals surface area (Å²) < 4.78 is 0. The van der Waals surface area contributed by atoms with E-state index in [0.717, 1.165) is 53.7 Å². The Labute approximate surface area is 152 Å². The Balaban J connectivity index is 1.47. The fraction of sp³-hybridized carbons (Fsp3) is 0.350. The van der Waals surface area contributed by atoms with Crippen LogP contribution in [0.1, 0.15) is 19.8 Å². The predicted octanol–water partition coefficient (Wildman–Crippen LogP) is 3.30. The molecule has 26 heavy (non-hydrogen) atoms. The van der Waals surface area contributed by atoms with Crippen LogP contribution in [0.2, 0.25) is 0 Å². The van der Waals surface area contributed by atoms with Gasteiger partial charge in [-0.05, 0) is 54.9 Å². The number of amides is 1. The maximum absolute atomic E-state index is 12.3. The number of benzene rings is 1. The molecule has 0 unspecified atom stereocenters. The Morgan fingerprint density at radius 2 is 2.04 bits per heavy atom. The van der Waals surface area contributed by atoms with Gasteiger partial charge in [0.25, 0.3) is 0 Å². The molecule has 1 saturated heterocycles. The zero-order valence-electron chi connectivity index (χ0n) is 14.9. The van der Waals surface area contributed by atoms with Gasteiger partial charge in [-0.1, -0.05) is 19.1 Å². The summed E-state index contributed by atoms with van der Waals surface area (Å²) in [5, 5.41) is 11.8. The normalized spacial score (nSPS) is 16.0. The van der Waals surface area contributed by atoms with Gasteiger partial charge in [0.2, 0.25) is 5.91 Å². The van der Waals surface area contributed by atoms with Gasteiger partial charge in [0, 0.05) is 23.3 Å². The van der Waals surface area contributed by atoms with Crippen LogP contribution in [0.15, 0.2) is 42.9 Å². The minimum absolute atomic E-state index is 0.00241. The van der Waals surface area contributed by atoms with Gasteiger partial charge in [-0.25, -0.2) is 4.98 Å². The zero-order valence-corrected chi connectivity index (χ0v) is 14.9. The Morgan fingerprint density at radius 1 is 1.19 bits per heavy atom. The Hall–Kier alpha value is -2.73. The van der Waals surface area contributed by atoms with Gasteiger partial charge in [0.1, 0.15) is 5.82 Å². The molecule has 2 aromatic heterocycles. The smallest absolute Gasteiger partial charge is 0.239 e. The first-order valence-electron chi connectivity index (χ1n) is 9.08. The second-order valence-corrected chi connectivity index (χ2v) is 7.13. The van der Waals surface area contributed by atoms with Crippen LogP contribution in [0.5, 0.6) is 0 Å². The molecule has 1 aliphatic heterocycles. The van der Waals surface area contributed by atoms with Crippen LogP contribution in [0.3, 0.4) is 0 Å². The largest absolute Gasteiger partial charge is 0.310 e. The molecule has 1 aromatic carbocycles. The summed E-state index contributed by atoms with van der Waals surface area (Å²) in [5.74, 6) is 1.36. The Morgan fingerprint density at radius 3 is 2.81 bits per heavy atom. The number of rotatable bonds is 4. The first kappa shape index (κ1) is 16.7. The third-order valence-electron chi connectivity index (χ3n) is 5.06. The summed E-state index contributed by atoms with van der Waals surface area (Å²) in [7, 11) is 0. The number of pyridine rings is 1. The summed E-state index contributed by atoms with van der Waals surface area (Å²) in [6, 6.07) is 8.09. The van der Waals surface area contributed by atoms with E-state index < -0.39 is 0 Å². The topological polar surface area (TPSA) is 73.9 Å². The van der Waals surface area contributed by atoms with Crippen molar-refractivity contribution in [1.82, 2.24) is 20.1 Å². The molecule has 1 amide bonds. The zero-order chi connectivity index (χ0) is 17.9. The van der Waals surface area contributed by atoms with Gasteiger partial charge < -0.3 is 5.32 Å². The second kappa shape index (κ2) is 7.25. The molecule has 134 valence electrons. The number of carbonyl (C=O) groups is 1. The van der Waals surface area contributed by atoms with Crippen molar-refractivity contribution >= 4 is 22.5 Å². The van der Waals surface area contributed by atoms with Crippen molar-refractivity contribution in [3.8, 4) is 11.1 Å². The highest BCUT2D eigenvalue weighted by molar-refractivity contribution is 5.94. The monoisotopic (exact) mass is 349 g/mol. The first-order valence-corrected chi connectivity index (χ1v) is 9.08. The molecule has 3 aromatic rings. The number of nitrogens with zero attached hydrogens (tertiary/aromatic N) is 3. The highest BCUT2D eigenvalue weighted by atomic mass is 16.2. The number of carbonyl (C=O) groups excluding carboxylic acids is 1. The van der Waals surface area contributed by atoms with Gasteiger partial charge in [-0.15, -0.1) is 0 Å². The highest BCUT2D eigenvalue weighted by Crippen LogP contribution is 2.24. The van der Waals surface area contributed by atoms with Gasteiger partial charge >= 0.3 is 0 Å². The molecule has 0 saturated carbocycles. The van der Waals surface area contributed by atoms with Gasteiger partial charge in [0.15, 0.2) is 0 Å². The van der Waals surface area contributed by atoms with Gasteiger partial charge in [0.05, 0.1) is 12.7 Å². The minimum atomic E-state index is -0.00241. The van der Waals surface area contributed by atoms with E-state index in [0.29, 0.717) is 12.4 Å². The number of likely N-dealkylation sites (tertiary alicyclic amines) is 1. The summed E-state index contributed by atoms with van der Waals surface area (Å²) in [5.41, 5.74) is 2.12. The van der Waals surface area contributed by atoms with Crippen molar-refractivity contribution in [1.29, 1.82) is 0 Å². The fourth-order valence-corrected chi connectivity index (χ4v) is 3.40. The van der Waals surface area contributed by atoms with Crippen molar-refractivity contribution in [3.05, 3.63) is 42.9 Å². The van der Waals surface area contributed by atoms with Crippen molar-refractivity contribution < 1.29 is 4.79 Å². The molecule has 0 bridgehead atoms. The molecule has 6 heteroatoms. The number of piperidine rings is 1. The standard InChI is InChI=1S/C20H23N5O/c1-14-4-6-25(7-5-14)13-20(26)24-19-9-17-8-15(18-11-22-23-12-18)2-3-16(17)10-21-19/h2-3,8-12,14H,4-7,13H2,1H3,(H,22,23)(H,21,24,26). The van der Waals surface area contributed by atoms with E-state index in [1.807, 2.05) is 24.4 Å². The average molecular weight is 349 g/mol. The van der Waals surface area contributed by atoms with E-state index in [1.54, 1.807) is 12.4 Å². The summed E-state index contributed by atoms with van der Waals surface area (Å²) in [6.45, 7) is 4.69. The lowest BCUT2D eigenvalue weighted by atomic mass is 9.99. The van der Waals surface area contributed by atoms with Gasteiger partial charge in [-0.3, -0.25) is 14.8 Å². The number of aromatic nitrogens is 3. The molecule has 0 aliphatic carbocycles. The molecule has 6 nitrogen and oxygen atoms in total. The molecule has 4 rings (SSSR count). The van der Waals surface area contributed by atoms with Crippen LogP contribution < -0.4 is 5.32 Å². The van der Waals surface area contributed by atoms with Crippen molar-refractivity contribution in [2.75, 3.05) is 25.0 Å². The fourth-order valence-electron chi connectivity index (χ4n) is 3.40. The molecule has 1 aliphatic rings. The van der Waals surface area contributed by atoms with E-state index >= 15 is 0 Å². The average Bonchev–Trinajstić information content (AvgIpc) is 3.18. The van der Waals surface area contributed by atoms with E-state index in [9.17, 15) is 4.79 Å². The summed E-state index contributed by atoms with van der Waals surface area (Å²) in [4.78, 5) is 18.9. The van der Waals surface area contributed by atoms with Crippen LogP contribution in [0.4, 0.5) is 5.82 Å². The number of H-pyrrole nitrogens is 1.